The van der Waals surface area contributed by atoms with E-state index in [4.69, 9.17) is 9.47 Å². The van der Waals surface area contributed by atoms with Crippen molar-refractivity contribution in [1.29, 1.82) is 0 Å². The molecule has 4 rings (SSSR count). The van der Waals surface area contributed by atoms with Crippen LogP contribution in [0.1, 0.15) is 70.5 Å². The first kappa shape index (κ1) is 22.4. The molecule has 1 amide bonds. The average Bonchev–Trinajstić information content (AvgIpc) is 3.28. The van der Waals surface area contributed by atoms with Gasteiger partial charge in [-0.25, -0.2) is 4.79 Å². The molecule has 0 aliphatic heterocycles. The van der Waals surface area contributed by atoms with Crippen LogP contribution in [0.4, 0.5) is 5.00 Å². The van der Waals surface area contributed by atoms with Crippen LogP contribution in [0.3, 0.4) is 0 Å². The third-order valence-corrected chi connectivity index (χ3v) is 7.22. The van der Waals surface area contributed by atoms with E-state index in [1.165, 1.54) is 16.2 Å². The summed E-state index contributed by atoms with van der Waals surface area (Å²) < 4.78 is 13.0. The van der Waals surface area contributed by atoms with E-state index < -0.39 is 0 Å². The van der Waals surface area contributed by atoms with Crippen molar-refractivity contribution >= 4 is 39.1 Å². The number of carbonyl (C=O) groups excluding carboxylic acids is 2. The van der Waals surface area contributed by atoms with Crippen molar-refractivity contribution in [2.75, 3.05) is 18.5 Å². The molecule has 3 aromatic rings. The topological polar surface area (TPSA) is 69.6 Å². The lowest BCUT2D eigenvalue weighted by atomic mass is 9.95. The molecule has 0 atom stereocenters. The highest BCUT2D eigenvalue weighted by Gasteiger charge is 2.29. The fourth-order valence-electron chi connectivity index (χ4n) is 4.61. The number of hydrogen-bond donors (Lipinski definition) is 1. The number of nitrogens with zero attached hydrogens (tertiary/aromatic N) is 1. The summed E-state index contributed by atoms with van der Waals surface area (Å²) in [4.78, 5) is 27.5. The molecule has 1 aromatic carbocycles. The highest BCUT2D eigenvalue weighted by molar-refractivity contribution is 7.17. The molecule has 0 radical (unpaired) electrons. The first-order valence-electron chi connectivity index (χ1n) is 11.4. The van der Waals surface area contributed by atoms with Gasteiger partial charge in [0.2, 0.25) is 0 Å². The molecule has 0 spiro atoms. The van der Waals surface area contributed by atoms with Gasteiger partial charge in [0.1, 0.15) is 16.4 Å². The SMILES string of the molecule is CCOC(=O)c1c(NC(=O)c2c(C)c3cc(OCC)ccc3n2CC)sc2c1CCCC2. The number of ether oxygens (including phenoxy) is 2. The van der Waals surface area contributed by atoms with Crippen molar-refractivity contribution in [3.63, 3.8) is 0 Å². The highest BCUT2D eigenvalue weighted by atomic mass is 32.1. The van der Waals surface area contributed by atoms with Crippen molar-refractivity contribution < 1.29 is 19.1 Å². The van der Waals surface area contributed by atoms with Gasteiger partial charge in [-0.05, 0) is 82.7 Å². The maximum atomic E-state index is 13.5. The number of anilines is 1. The number of benzene rings is 1. The Morgan fingerprint density at radius 3 is 2.62 bits per heavy atom. The van der Waals surface area contributed by atoms with Crippen molar-refractivity contribution in [3.05, 3.63) is 45.5 Å². The second kappa shape index (κ2) is 9.36. The molecule has 0 saturated carbocycles. The number of amides is 1. The van der Waals surface area contributed by atoms with Crippen LogP contribution < -0.4 is 10.1 Å². The Labute approximate surface area is 192 Å². The van der Waals surface area contributed by atoms with E-state index in [0.717, 1.165) is 53.5 Å². The fourth-order valence-corrected chi connectivity index (χ4v) is 5.89. The van der Waals surface area contributed by atoms with E-state index >= 15 is 0 Å². The summed E-state index contributed by atoms with van der Waals surface area (Å²) in [5.41, 5.74) is 4.09. The van der Waals surface area contributed by atoms with Crippen LogP contribution in [-0.2, 0) is 24.1 Å². The largest absolute Gasteiger partial charge is 0.494 e. The van der Waals surface area contributed by atoms with Crippen LogP contribution in [-0.4, -0.2) is 29.7 Å². The lowest BCUT2D eigenvalue weighted by Gasteiger charge is -2.13. The van der Waals surface area contributed by atoms with E-state index in [1.807, 2.05) is 43.5 Å². The molecule has 7 heteroatoms. The Hall–Kier alpha value is -2.80. The summed E-state index contributed by atoms with van der Waals surface area (Å²) in [6.45, 7) is 9.30. The fraction of sp³-hybridized carbons (Fsp3) is 0.440. The van der Waals surface area contributed by atoms with Crippen LogP contribution in [0, 0.1) is 6.92 Å². The quantitative estimate of drug-likeness (QED) is 0.462. The number of carbonyl (C=O) groups is 2. The van der Waals surface area contributed by atoms with Gasteiger partial charge in [0.05, 0.1) is 18.8 Å². The van der Waals surface area contributed by atoms with Gasteiger partial charge in [-0.2, -0.15) is 0 Å². The summed E-state index contributed by atoms with van der Waals surface area (Å²) >= 11 is 1.51. The van der Waals surface area contributed by atoms with E-state index in [9.17, 15) is 9.59 Å². The zero-order valence-corrected chi connectivity index (χ0v) is 20.0. The first-order chi connectivity index (χ1) is 15.5. The Kier molecular flexibility index (Phi) is 6.55. The number of aromatic nitrogens is 1. The monoisotopic (exact) mass is 454 g/mol. The zero-order chi connectivity index (χ0) is 22.8. The second-order valence-electron chi connectivity index (χ2n) is 7.92. The molecule has 1 N–H and O–H groups in total. The second-order valence-corrected chi connectivity index (χ2v) is 9.02. The van der Waals surface area contributed by atoms with Gasteiger partial charge in [0.25, 0.3) is 5.91 Å². The predicted molar refractivity (Wildman–Crippen MR) is 128 cm³/mol. The van der Waals surface area contributed by atoms with Gasteiger partial charge in [-0.3, -0.25) is 4.79 Å². The smallest absolute Gasteiger partial charge is 0.341 e. The summed E-state index contributed by atoms with van der Waals surface area (Å²) in [5, 5.41) is 4.67. The molecule has 6 nitrogen and oxygen atoms in total. The Morgan fingerprint density at radius 2 is 1.91 bits per heavy atom. The van der Waals surface area contributed by atoms with Crippen LogP contribution in [0.15, 0.2) is 18.2 Å². The lowest BCUT2D eigenvalue weighted by Crippen LogP contribution is -2.19. The molecule has 32 heavy (non-hydrogen) atoms. The lowest BCUT2D eigenvalue weighted by molar-refractivity contribution is 0.0526. The van der Waals surface area contributed by atoms with Crippen LogP contribution in [0.2, 0.25) is 0 Å². The van der Waals surface area contributed by atoms with E-state index in [2.05, 4.69) is 5.32 Å². The van der Waals surface area contributed by atoms with Gasteiger partial charge in [-0.1, -0.05) is 0 Å². The Morgan fingerprint density at radius 1 is 1.12 bits per heavy atom. The standard InChI is InChI=1S/C25H30N2O4S/c1-5-27-19-13-12-16(30-6-2)14-18(19)15(4)22(27)23(28)26-24-21(25(29)31-7-3)17-10-8-9-11-20(17)32-24/h12-14H,5-11H2,1-4H3,(H,26,28). The van der Waals surface area contributed by atoms with E-state index in [-0.39, 0.29) is 11.9 Å². The van der Waals surface area contributed by atoms with Gasteiger partial charge in [0.15, 0.2) is 0 Å². The van der Waals surface area contributed by atoms with Crippen molar-refractivity contribution in [2.45, 2.75) is 59.9 Å². The molecule has 2 aromatic heterocycles. The molecule has 0 bridgehead atoms. The van der Waals surface area contributed by atoms with Gasteiger partial charge in [0, 0.05) is 22.3 Å². The maximum Gasteiger partial charge on any atom is 0.341 e. The number of fused-ring (bicyclic) bond motifs is 2. The van der Waals surface area contributed by atoms with Crippen molar-refractivity contribution in [2.24, 2.45) is 0 Å². The summed E-state index contributed by atoms with van der Waals surface area (Å²) in [6, 6.07) is 5.93. The highest BCUT2D eigenvalue weighted by Crippen LogP contribution is 2.39. The van der Waals surface area contributed by atoms with E-state index in [0.29, 0.717) is 36.0 Å². The molecule has 2 heterocycles. The minimum atomic E-state index is -0.351. The van der Waals surface area contributed by atoms with Gasteiger partial charge in [-0.15, -0.1) is 11.3 Å². The van der Waals surface area contributed by atoms with Gasteiger partial charge < -0.3 is 19.4 Å². The molecule has 0 unspecified atom stereocenters. The van der Waals surface area contributed by atoms with Gasteiger partial charge >= 0.3 is 5.97 Å². The number of rotatable bonds is 7. The van der Waals surface area contributed by atoms with Crippen LogP contribution >= 0.6 is 11.3 Å². The number of thiophene rings is 1. The number of nitrogens with one attached hydrogen (secondary N) is 1. The maximum absolute atomic E-state index is 13.5. The van der Waals surface area contributed by atoms with Crippen molar-refractivity contribution in [1.82, 2.24) is 4.57 Å². The van der Waals surface area contributed by atoms with Crippen LogP contribution in [0.5, 0.6) is 5.75 Å². The zero-order valence-electron chi connectivity index (χ0n) is 19.2. The molecule has 0 saturated heterocycles. The normalized spacial score (nSPS) is 13.1. The molecule has 1 aliphatic rings. The third kappa shape index (κ3) is 3.90. The summed E-state index contributed by atoms with van der Waals surface area (Å²) in [7, 11) is 0. The Bertz CT molecular complexity index is 1170. The molecule has 0 fully saturated rings. The molecular formula is C25H30N2O4S. The molecule has 1 aliphatic carbocycles. The molecule has 170 valence electrons. The van der Waals surface area contributed by atoms with E-state index in [1.54, 1.807) is 6.92 Å². The number of hydrogen-bond acceptors (Lipinski definition) is 5. The minimum absolute atomic E-state index is 0.206. The minimum Gasteiger partial charge on any atom is -0.494 e. The number of esters is 1. The summed E-state index contributed by atoms with van der Waals surface area (Å²) in [6.07, 6.45) is 3.95. The number of aryl methyl sites for hydroxylation is 3. The summed E-state index contributed by atoms with van der Waals surface area (Å²) in [5.74, 6) is 0.234. The van der Waals surface area contributed by atoms with Crippen LogP contribution in [0.25, 0.3) is 10.9 Å². The Balaban J connectivity index is 1.75. The average molecular weight is 455 g/mol. The van der Waals surface area contributed by atoms with Crippen molar-refractivity contribution in [3.8, 4) is 5.75 Å². The predicted octanol–water partition coefficient (Wildman–Crippen LogP) is 5.74. The first-order valence-corrected chi connectivity index (χ1v) is 12.2. The third-order valence-electron chi connectivity index (χ3n) is 6.01. The molecular weight excluding hydrogens is 424 g/mol.